The number of rotatable bonds is 6. The Morgan fingerprint density at radius 1 is 0.970 bits per heavy atom. The van der Waals surface area contributed by atoms with Crippen molar-refractivity contribution in [2.45, 2.75) is 36.5 Å². The maximum absolute atomic E-state index is 13.4. The van der Waals surface area contributed by atoms with Crippen LogP contribution in [0.25, 0.3) is 10.8 Å². The summed E-state index contributed by atoms with van der Waals surface area (Å²) in [5, 5.41) is 17.9. The van der Waals surface area contributed by atoms with Crippen molar-refractivity contribution in [2.24, 2.45) is 5.10 Å². The number of carbonyl (C=O) groups is 1. The first-order chi connectivity index (χ1) is 16.3. The van der Waals surface area contributed by atoms with E-state index < -0.39 is 0 Å². The van der Waals surface area contributed by atoms with Crippen LogP contribution in [0.2, 0.25) is 0 Å². The van der Waals surface area contributed by atoms with Crippen molar-refractivity contribution in [2.75, 3.05) is 5.75 Å². The molecule has 0 spiro atoms. The highest BCUT2D eigenvalue weighted by Gasteiger charge is 2.33. The SMILES string of the molecule is O=C(CSc1nncn1C1CC1)N1N=C(c2ccc3ccccc3c2)CC1c1ccccc1. The maximum atomic E-state index is 13.4. The molecule has 6 nitrogen and oxygen atoms in total. The molecule has 6 rings (SSSR count). The summed E-state index contributed by atoms with van der Waals surface area (Å²) in [5.41, 5.74) is 3.09. The van der Waals surface area contributed by atoms with Gasteiger partial charge in [-0.25, -0.2) is 5.01 Å². The Balaban J connectivity index is 1.28. The molecule has 2 aliphatic rings. The Morgan fingerprint density at radius 2 is 1.76 bits per heavy atom. The van der Waals surface area contributed by atoms with Gasteiger partial charge in [0.2, 0.25) is 0 Å². The molecule has 33 heavy (non-hydrogen) atoms. The fraction of sp³-hybridized carbons (Fsp3) is 0.231. The van der Waals surface area contributed by atoms with Crippen LogP contribution in [0.3, 0.4) is 0 Å². The van der Waals surface area contributed by atoms with E-state index in [9.17, 15) is 4.79 Å². The highest BCUT2D eigenvalue weighted by Crippen LogP contribution is 2.38. The van der Waals surface area contributed by atoms with Gasteiger partial charge in [0, 0.05) is 12.5 Å². The Bertz CT molecular complexity index is 1350. The quantitative estimate of drug-likeness (QED) is 0.375. The largest absolute Gasteiger partial charge is 0.306 e. The first kappa shape index (κ1) is 20.2. The van der Waals surface area contributed by atoms with Crippen LogP contribution in [0.4, 0.5) is 0 Å². The number of hydrogen-bond acceptors (Lipinski definition) is 5. The Labute approximate surface area is 196 Å². The second kappa shape index (κ2) is 8.48. The second-order valence-electron chi connectivity index (χ2n) is 8.52. The third-order valence-electron chi connectivity index (χ3n) is 6.24. The van der Waals surface area contributed by atoms with Crippen LogP contribution in [0, 0.1) is 0 Å². The number of hydrazone groups is 1. The van der Waals surface area contributed by atoms with Gasteiger partial charge in [-0.2, -0.15) is 5.10 Å². The van der Waals surface area contributed by atoms with Gasteiger partial charge in [-0.15, -0.1) is 10.2 Å². The minimum absolute atomic E-state index is 0.0185. The van der Waals surface area contributed by atoms with E-state index >= 15 is 0 Å². The smallest absolute Gasteiger partial charge is 0.253 e. The summed E-state index contributed by atoms with van der Waals surface area (Å²) < 4.78 is 2.08. The number of benzene rings is 3. The lowest BCUT2D eigenvalue weighted by Gasteiger charge is -2.21. The Hall–Kier alpha value is -3.45. The van der Waals surface area contributed by atoms with Gasteiger partial charge < -0.3 is 4.57 Å². The highest BCUT2D eigenvalue weighted by atomic mass is 32.2. The van der Waals surface area contributed by atoms with Crippen molar-refractivity contribution in [1.82, 2.24) is 19.8 Å². The number of nitrogens with zero attached hydrogens (tertiary/aromatic N) is 5. The molecule has 164 valence electrons. The molecule has 7 heteroatoms. The van der Waals surface area contributed by atoms with Gasteiger partial charge in [-0.05, 0) is 40.8 Å². The number of aromatic nitrogens is 3. The van der Waals surface area contributed by atoms with Gasteiger partial charge in [0.25, 0.3) is 5.91 Å². The third-order valence-corrected chi connectivity index (χ3v) is 7.18. The summed E-state index contributed by atoms with van der Waals surface area (Å²) in [6, 6.07) is 25.2. The number of amides is 1. The van der Waals surface area contributed by atoms with Crippen molar-refractivity contribution in [3.05, 3.63) is 90.3 Å². The van der Waals surface area contributed by atoms with Gasteiger partial charge in [-0.1, -0.05) is 78.5 Å². The highest BCUT2D eigenvalue weighted by molar-refractivity contribution is 7.99. The molecular formula is C26H23N5OS. The molecule has 2 heterocycles. The predicted molar refractivity (Wildman–Crippen MR) is 130 cm³/mol. The molecule has 0 bridgehead atoms. The van der Waals surface area contributed by atoms with Crippen LogP contribution in [-0.2, 0) is 4.79 Å². The normalized spacial score (nSPS) is 18.0. The van der Waals surface area contributed by atoms with Crippen LogP contribution in [0.5, 0.6) is 0 Å². The molecule has 1 aromatic heterocycles. The van der Waals surface area contributed by atoms with E-state index in [0.29, 0.717) is 12.5 Å². The van der Waals surface area contributed by atoms with Crippen LogP contribution in [-0.4, -0.2) is 37.1 Å². The number of thioether (sulfide) groups is 1. The van der Waals surface area contributed by atoms with Crippen LogP contribution < -0.4 is 0 Å². The molecule has 1 fully saturated rings. The average Bonchev–Trinajstić information content (AvgIpc) is 3.43. The third kappa shape index (κ3) is 4.04. The molecule has 1 aliphatic heterocycles. The van der Waals surface area contributed by atoms with E-state index in [1.807, 2.05) is 30.3 Å². The molecule has 1 amide bonds. The zero-order chi connectivity index (χ0) is 22.2. The fourth-order valence-corrected chi connectivity index (χ4v) is 5.18. The summed E-state index contributed by atoms with van der Waals surface area (Å²) in [5.74, 6) is 0.262. The van der Waals surface area contributed by atoms with Gasteiger partial charge in [0.1, 0.15) is 6.33 Å². The summed E-state index contributed by atoms with van der Waals surface area (Å²) in [6.45, 7) is 0. The molecule has 3 aromatic carbocycles. The Kier molecular flexibility index (Phi) is 5.19. The predicted octanol–water partition coefficient (Wildman–Crippen LogP) is 5.24. The molecule has 1 aliphatic carbocycles. The average molecular weight is 454 g/mol. The van der Waals surface area contributed by atoms with Crippen molar-refractivity contribution in [3.63, 3.8) is 0 Å². The lowest BCUT2D eigenvalue weighted by Crippen LogP contribution is -2.28. The lowest BCUT2D eigenvalue weighted by molar-refractivity contribution is -0.130. The van der Waals surface area contributed by atoms with Crippen molar-refractivity contribution in [1.29, 1.82) is 0 Å². The van der Waals surface area contributed by atoms with Gasteiger partial charge in [0.05, 0.1) is 17.5 Å². The summed E-state index contributed by atoms with van der Waals surface area (Å²) in [6.07, 6.45) is 4.77. The molecule has 1 saturated carbocycles. The van der Waals surface area contributed by atoms with E-state index in [-0.39, 0.29) is 17.7 Å². The van der Waals surface area contributed by atoms with E-state index in [1.54, 1.807) is 11.3 Å². The molecule has 0 radical (unpaired) electrons. The first-order valence-corrected chi connectivity index (χ1v) is 12.2. The molecule has 0 N–H and O–H groups in total. The summed E-state index contributed by atoms with van der Waals surface area (Å²) in [4.78, 5) is 13.4. The van der Waals surface area contributed by atoms with E-state index in [1.165, 1.54) is 22.5 Å². The monoisotopic (exact) mass is 453 g/mol. The van der Waals surface area contributed by atoms with Crippen LogP contribution >= 0.6 is 11.8 Å². The minimum atomic E-state index is -0.109. The van der Waals surface area contributed by atoms with Crippen LogP contribution in [0.15, 0.2) is 89.4 Å². The van der Waals surface area contributed by atoms with E-state index in [4.69, 9.17) is 5.10 Å². The summed E-state index contributed by atoms with van der Waals surface area (Å²) in [7, 11) is 0. The number of fused-ring (bicyclic) bond motifs is 1. The van der Waals surface area contributed by atoms with Gasteiger partial charge in [0.15, 0.2) is 5.16 Å². The zero-order valence-corrected chi connectivity index (χ0v) is 18.9. The topological polar surface area (TPSA) is 63.4 Å². The maximum Gasteiger partial charge on any atom is 0.253 e. The van der Waals surface area contributed by atoms with E-state index in [0.717, 1.165) is 34.8 Å². The lowest BCUT2D eigenvalue weighted by atomic mass is 9.97. The van der Waals surface area contributed by atoms with Crippen molar-refractivity contribution in [3.8, 4) is 0 Å². The summed E-state index contributed by atoms with van der Waals surface area (Å²) >= 11 is 1.44. The molecule has 1 unspecified atom stereocenters. The number of carbonyl (C=O) groups excluding carboxylic acids is 1. The fourth-order valence-electron chi connectivity index (χ4n) is 4.35. The van der Waals surface area contributed by atoms with E-state index in [2.05, 4.69) is 57.2 Å². The Morgan fingerprint density at radius 3 is 2.58 bits per heavy atom. The van der Waals surface area contributed by atoms with Gasteiger partial charge >= 0.3 is 0 Å². The van der Waals surface area contributed by atoms with Crippen molar-refractivity contribution < 1.29 is 4.79 Å². The second-order valence-corrected chi connectivity index (χ2v) is 9.46. The first-order valence-electron chi connectivity index (χ1n) is 11.2. The van der Waals surface area contributed by atoms with Gasteiger partial charge in [-0.3, -0.25) is 4.79 Å². The zero-order valence-electron chi connectivity index (χ0n) is 18.0. The molecule has 0 saturated heterocycles. The molecule has 4 aromatic rings. The standard InChI is InChI=1S/C26H23N5OS/c32-25(16-33-26-28-27-17-30(26)22-12-13-22)31-24(19-7-2-1-3-8-19)15-23(29-31)21-11-10-18-6-4-5-9-20(18)14-21/h1-11,14,17,22,24H,12-13,15-16H2. The van der Waals surface area contributed by atoms with Crippen LogP contribution in [0.1, 0.15) is 42.5 Å². The molecule has 1 atom stereocenters. The molecular weight excluding hydrogens is 430 g/mol. The van der Waals surface area contributed by atoms with Crippen molar-refractivity contribution >= 4 is 34.2 Å². The minimum Gasteiger partial charge on any atom is -0.306 e. The number of hydrogen-bond donors (Lipinski definition) is 0.